The molecule has 0 unspecified atom stereocenters. The molecule has 9 nitrogen and oxygen atoms in total. The minimum atomic E-state index is -0.375. The fourth-order valence-corrected chi connectivity index (χ4v) is 5.05. The number of ether oxygens (including phenoxy) is 3. The summed E-state index contributed by atoms with van der Waals surface area (Å²) < 4.78 is 16.1. The fourth-order valence-electron chi connectivity index (χ4n) is 5.05. The highest BCUT2D eigenvalue weighted by Crippen LogP contribution is 2.26. The Labute approximate surface area is 251 Å². The standard InChI is InChI=1S/C34H36N4O5/c1-23-19-28(11-13-31(23)41-2)36-27-9-7-25(8-10-27)33(39)37-29-12-14-32(35-21-29)38-17-15-24(16-18-38)22-43-30-6-4-5-26(20-30)34(40)42-3/h4-14,19-21,24,36H,15-18,22H2,1-3H3,(H,37,39). The highest BCUT2D eigenvalue weighted by molar-refractivity contribution is 6.04. The van der Waals surface area contributed by atoms with Crippen LogP contribution in [0.25, 0.3) is 0 Å². The molecule has 0 aliphatic carbocycles. The minimum absolute atomic E-state index is 0.195. The molecule has 5 rings (SSSR count). The fraction of sp³-hybridized carbons (Fsp3) is 0.265. The van der Waals surface area contributed by atoms with Crippen LogP contribution in [-0.2, 0) is 4.74 Å². The van der Waals surface area contributed by atoms with Crippen molar-refractivity contribution >= 4 is 34.8 Å². The van der Waals surface area contributed by atoms with Gasteiger partial charge < -0.3 is 29.7 Å². The molecule has 43 heavy (non-hydrogen) atoms. The number of carbonyl (C=O) groups excluding carboxylic acids is 2. The number of esters is 1. The van der Waals surface area contributed by atoms with Crippen molar-refractivity contribution in [3.05, 3.63) is 102 Å². The molecule has 1 fully saturated rings. The molecule has 0 radical (unpaired) electrons. The molecule has 9 heteroatoms. The molecule has 3 aromatic carbocycles. The van der Waals surface area contributed by atoms with Crippen LogP contribution in [-0.4, -0.2) is 50.8 Å². The van der Waals surface area contributed by atoms with Crippen LogP contribution in [0.3, 0.4) is 0 Å². The van der Waals surface area contributed by atoms with Gasteiger partial charge in [-0.25, -0.2) is 9.78 Å². The van der Waals surface area contributed by atoms with E-state index in [4.69, 9.17) is 14.2 Å². The summed E-state index contributed by atoms with van der Waals surface area (Å²) in [5.74, 6) is 2.24. The lowest BCUT2D eigenvalue weighted by Crippen LogP contribution is -2.36. The summed E-state index contributed by atoms with van der Waals surface area (Å²) in [6.45, 7) is 4.32. The third kappa shape index (κ3) is 7.62. The van der Waals surface area contributed by atoms with Crippen LogP contribution in [0.2, 0.25) is 0 Å². The van der Waals surface area contributed by atoms with Gasteiger partial charge in [0.2, 0.25) is 0 Å². The van der Waals surface area contributed by atoms with Crippen LogP contribution >= 0.6 is 0 Å². The van der Waals surface area contributed by atoms with Gasteiger partial charge in [0.25, 0.3) is 5.91 Å². The van der Waals surface area contributed by atoms with Gasteiger partial charge in [0.1, 0.15) is 17.3 Å². The summed E-state index contributed by atoms with van der Waals surface area (Å²) in [7, 11) is 3.02. The number of aryl methyl sites for hydroxylation is 1. The Hall–Kier alpha value is -5.05. The molecule has 1 aliphatic heterocycles. The molecule has 0 saturated carbocycles. The normalized spacial score (nSPS) is 13.2. The zero-order chi connectivity index (χ0) is 30.2. The maximum Gasteiger partial charge on any atom is 0.337 e. The second kappa shape index (κ2) is 13.7. The van der Waals surface area contributed by atoms with E-state index in [-0.39, 0.29) is 11.9 Å². The number of carbonyl (C=O) groups is 2. The molecule has 0 atom stereocenters. The van der Waals surface area contributed by atoms with Gasteiger partial charge >= 0.3 is 5.97 Å². The van der Waals surface area contributed by atoms with Crippen molar-refractivity contribution in [3.8, 4) is 11.5 Å². The SMILES string of the molecule is COC(=O)c1cccc(OCC2CCN(c3ccc(NC(=O)c4ccc(Nc5ccc(OC)c(C)c5)cc4)cn3)CC2)c1. The summed E-state index contributed by atoms with van der Waals surface area (Å²) in [6, 6.07) is 24.1. The predicted molar refractivity (Wildman–Crippen MR) is 168 cm³/mol. The van der Waals surface area contributed by atoms with Crippen LogP contribution in [0.4, 0.5) is 22.9 Å². The van der Waals surface area contributed by atoms with Gasteiger partial charge in [-0.15, -0.1) is 0 Å². The molecular formula is C34H36N4O5. The average Bonchev–Trinajstić information content (AvgIpc) is 3.04. The van der Waals surface area contributed by atoms with Gasteiger partial charge in [-0.1, -0.05) is 6.07 Å². The zero-order valence-corrected chi connectivity index (χ0v) is 24.6. The molecule has 0 spiro atoms. The van der Waals surface area contributed by atoms with E-state index in [0.29, 0.717) is 35.1 Å². The lowest BCUT2D eigenvalue weighted by molar-refractivity contribution is 0.0600. The van der Waals surface area contributed by atoms with Crippen molar-refractivity contribution in [2.24, 2.45) is 5.92 Å². The first-order chi connectivity index (χ1) is 20.9. The van der Waals surface area contributed by atoms with E-state index in [2.05, 4.69) is 20.5 Å². The third-order valence-corrected chi connectivity index (χ3v) is 7.52. The largest absolute Gasteiger partial charge is 0.496 e. The van der Waals surface area contributed by atoms with Gasteiger partial charge in [0.15, 0.2) is 0 Å². The third-order valence-electron chi connectivity index (χ3n) is 7.52. The highest BCUT2D eigenvalue weighted by Gasteiger charge is 2.21. The van der Waals surface area contributed by atoms with Crippen LogP contribution in [0.1, 0.15) is 39.1 Å². The zero-order valence-electron chi connectivity index (χ0n) is 24.6. The number of amides is 1. The number of hydrogen-bond acceptors (Lipinski definition) is 8. The van der Waals surface area contributed by atoms with E-state index < -0.39 is 0 Å². The Kier molecular flexibility index (Phi) is 9.41. The first-order valence-electron chi connectivity index (χ1n) is 14.3. The number of hydrogen-bond donors (Lipinski definition) is 2. The monoisotopic (exact) mass is 580 g/mol. The van der Waals surface area contributed by atoms with Crippen molar-refractivity contribution in [2.75, 3.05) is 49.4 Å². The van der Waals surface area contributed by atoms with E-state index in [0.717, 1.165) is 54.4 Å². The van der Waals surface area contributed by atoms with Gasteiger partial charge in [0.05, 0.1) is 38.3 Å². The van der Waals surface area contributed by atoms with Gasteiger partial charge in [-0.3, -0.25) is 4.79 Å². The van der Waals surface area contributed by atoms with Gasteiger partial charge in [-0.2, -0.15) is 0 Å². The number of piperidine rings is 1. The van der Waals surface area contributed by atoms with E-state index >= 15 is 0 Å². The number of pyridine rings is 1. The number of aromatic nitrogens is 1. The number of anilines is 4. The molecule has 1 saturated heterocycles. The number of benzene rings is 3. The first kappa shape index (κ1) is 29.4. The molecular weight excluding hydrogens is 544 g/mol. The summed E-state index contributed by atoms with van der Waals surface area (Å²) in [6.07, 6.45) is 3.64. The van der Waals surface area contributed by atoms with Crippen LogP contribution in [0.5, 0.6) is 11.5 Å². The van der Waals surface area contributed by atoms with Crippen molar-refractivity contribution in [2.45, 2.75) is 19.8 Å². The Morgan fingerprint density at radius 1 is 0.884 bits per heavy atom. The van der Waals surface area contributed by atoms with Crippen molar-refractivity contribution < 1.29 is 23.8 Å². The van der Waals surface area contributed by atoms with E-state index in [1.807, 2.05) is 55.5 Å². The lowest BCUT2D eigenvalue weighted by Gasteiger charge is -2.32. The van der Waals surface area contributed by atoms with Gasteiger partial charge in [-0.05, 0) is 104 Å². The average molecular weight is 581 g/mol. The van der Waals surface area contributed by atoms with Crippen LogP contribution in [0, 0.1) is 12.8 Å². The quantitative estimate of drug-likeness (QED) is 0.206. The predicted octanol–water partition coefficient (Wildman–Crippen LogP) is 6.48. The molecule has 0 bridgehead atoms. The molecule has 1 aliphatic rings. The molecule has 1 aromatic heterocycles. The Morgan fingerprint density at radius 3 is 2.30 bits per heavy atom. The number of methoxy groups -OCH3 is 2. The number of nitrogens with zero attached hydrogens (tertiary/aromatic N) is 2. The molecule has 2 N–H and O–H groups in total. The van der Waals surface area contributed by atoms with Gasteiger partial charge in [0, 0.05) is 30.0 Å². The molecule has 1 amide bonds. The van der Waals surface area contributed by atoms with Crippen LogP contribution in [0.15, 0.2) is 85.1 Å². The van der Waals surface area contributed by atoms with Crippen molar-refractivity contribution in [1.82, 2.24) is 4.98 Å². The Morgan fingerprint density at radius 2 is 1.63 bits per heavy atom. The minimum Gasteiger partial charge on any atom is -0.496 e. The number of nitrogens with one attached hydrogen (secondary N) is 2. The second-order valence-electron chi connectivity index (χ2n) is 10.5. The van der Waals surface area contributed by atoms with Crippen molar-refractivity contribution in [1.29, 1.82) is 0 Å². The topological polar surface area (TPSA) is 102 Å². The molecule has 2 heterocycles. The van der Waals surface area contributed by atoms with Crippen molar-refractivity contribution in [3.63, 3.8) is 0 Å². The highest BCUT2D eigenvalue weighted by atomic mass is 16.5. The van der Waals surface area contributed by atoms with E-state index in [1.54, 1.807) is 43.6 Å². The second-order valence-corrected chi connectivity index (χ2v) is 10.5. The molecule has 222 valence electrons. The number of rotatable bonds is 10. The summed E-state index contributed by atoms with van der Waals surface area (Å²) in [5.41, 5.74) is 4.55. The maximum absolute atomic E-state index is 12.8. The van der Waals surface area contributed by atoms with E-state index in [1.165, 1.54) is 7.11 Å². The summed E-state index contributed by atoms with van der Waals surface area (Å²) in [4.78, 5) is 31.4. The Balaban J connectivity index is 1.08. The maximum atomic E-state index is 12.8. The smallest absolute Gasteiger partial charge is 0.337 e. The Bertz CT molecular complexity index is 1550. The van der Waals surface area contributed by atoms with E-state index in [9.17, 15) is 9.59 Å². The lowest BCUT2D eigenvalue weighted by atomic mass is 9.98. The summed E-state index contributed by atoms with van der Waals surface area (Å²) in [5, 5.41) is 6.28. The molecule has 4 aromatic rings. The first-order valence-corrected chi connectivity index (χ1v) is 14.3. The van der Waals surface area contributed by atoms with Crippen LogP contribution < -0.4 is 25.0 Å². The summed E-state index contributed by atoms with van der Waals surface area (Å²) >= 11 is 0.